The molecular weight excluding hydrogens is 414 g/mol. The summed E-state index contributed by atoms with van der Waals surface area (Å²) in [5.74, 6) is -0.391. The SMILES string of the molecule is CC(=O)Nc1c(C)cccc1-c1nnc(SCC(=O)Nc2cccc(C)c2C)[nH]c1=O. The molecule has 3 rings (SSSR count). The van der Waals surface area contributed by atoms with Gasteiger partial charge in [0.25, 0.3) is 5.56 Å². The van der Waals surface area contributed by atoms with Crippen molar-refractivity contribution in [1.29, 1.82) is 0 Å². The molecule has 0 radical (unpaired) electrons. The van der Waals surface area contributed by atoms with Gasteiger partial charge in [0.05, 0.1) is 11.4 Å². The van der Waals surface area contributed by atoms with Gasteiger partial charge in [-0.25, -0.2) is 0 Å². The Morgan fingerprint density at radius 3 is 2.42 bits per heavy atom. The van der Waals surface area contributed by atoms with E-state index in [1.54, 1.807) is 12.1 Å². The number of nitrogens with one attached hydrogen (secondary N) is 3. The van der Waals surface area contributed by atoms with E-state index in [1.165, 1.54) is 6.92 Å². The van der Waals surface area contributed by atoms with Gasteiger partial charge in [0, 0.05) is 18.2 Å². The summed E-state index contributed by atoms with van der Waals surface area (Å²) >= 11 is 1.08. The second-order valence-corrected chi connectivity index (χ2v) is 8.03. The van der Waals surface area contributed by atoms with Crippen molar-refractivity contribution in [3.63, 3.8) is 0 Å². The van der Waals surface area contributed by atoms with Crippen LogP contribution in [0.2, 0.25) is 0 Å². The molecule has 1 aromatic heterocycles. The molecule has 0 spiro atoms. The number of aryl methyl sites for hydroxylation is 2. The standard InChI is InChI=1S/C22H23N5O3S/c1-12-7-6-10-17(14(12)3)24-18(29)11-31-22-25-21(30)20(26-27-22)16-9-5-8-13(2)19(16)23-15(4)28/h5-10H,11H2,1-4H3,(H,23,28)(H,24,29)(H,25,27,30). The van der Waals surface area contributed by atoms with Crippen LogP contribution in [0.5, 0.6) is 0 Å². The van der Waals surface area contributed by atoms with Gasteiger partial charge in [-0.05, 0) is 43.5 Å². The third-order valence-corrected chi connectivity index (χ3v) is 5.59. The van der Waals surface area contributed by atoms with Crippen LogP contribution in [0.15, 0.2) is 46.3 Å². The number of H-pyrrole nitrogens is 1. The number of rotatable bonds is 6. The molecule has 2 aromatic carbocycles. The first-order valence-electron chi connectivity index (χ1n) is 9.59. The van der Waals surface area contributed by atoms with Crippen LogP contribution in [0.1, 0.15) is 23.6 Å². The minimum atomic E-state index is -0.454. The van der Waals surface area contributed by atoms with Crippen molar-refractivity contribution in [1.82, 2.24) is 15.2 Å². The van der Waals surface area contributed by atoms with Crippen molar-refractivity contribution in [3.8, 4) is 11.3 Å². The van der Waals surface area contributed by atoms with Gasteiger partial charge in [-0.3, -0.25) is 19.4 Å². The Morgan fingerprint density at radius 1 is 1.00 bits per heavy atom. The fourth-order valence-electron chi connectivity index (χ4n) is 2.98. The highest BCUT2D eigenvalue weighted by Crippen LogP contribution is 2.27. The lowest BCUT2D eigenvalue weighted by Gasteiger charge is -2.12. The van der Waals surface area contributed by atoms with Crippen LogP contribution >= 0.6 is 11.8 Å². The Bertz CT molecular complexity index is 1210. The van der Waals surface area contributed by atoms with E-state index in [4.69, 9.17) is 0 Å². The number of benzene rings is 2. The van der Waals surface area contributed by atoms with E-state index in [0.717, 1.165) is 34.1 Å². The lowest BCUT2D eigenvalue weighted by molar-refractivity contribution is -0.114. The highest BCUT2D eigenvalue weighted by Gasteiger charge is 2.15. The van der Waals surface area contributed by atoms with Crippen LogP contribution < -0.4 is 16.2 Å². The van der Waals surface area contributed by atoms with Gasteiger partial charge in [-0.2, -0.15) is 0 Å². The molecule has 3 N–H and O–H groups in total. The van der Waals surface area contributed by atoms with Crippen LogP contribution in [0, 0.1) is 20.8 Å². The van der Waals surface area contributed by atoms with Gasteiger partial charge in [0.15, 0.2) is 10.9 Å². The zero-order chi connectivity index (χ0) is 22.5. The largest absolute Gasteiger partial charge is 0.325 e. The predicted molar refractivity (Wildman–Crippen MR) is 122 cm³/mol. The first-order chi connectivity index (χ1) is 14.8. The topological polar surface area (TPSA) is 117 Å². The number of nitrogens with zero attached hydrogens (tertiary/aromatic N) is 2. The maximum absolute atomic E-state index is 12.6. The summed E-state index contributed by atoms with van der Waals surface area (Å²) in [6.45, 7) is 7.15. The summed E-state index contributed by atoms with van der Waals surface area (Å²) in [6.07, 6.45) is 0. The molecule has 8 nitrogen and oxygen atoms in total. The number of anilines is 2. The predicted octanol–water partition coefficient (Wildman–Crippen LogP) is 3.45. The fraction of sp³-hybridized carbons (Fsp3) is 0.227. The normalized spacial score (nSPS) is 10.6. The second kappa shape index (κ2) is 9.57. The molecule has 0 aliphatic rings. The lowest BCUT2D eigenvalue weighted by Crippen LogP contribution is -2.18. The first kappa shape index (κ1) is 22.2. The van der Waals surface area contributed by atoms with Crippen molar-refractivity contribution < 1.29 is 9.59 Å². The summed E-state index contributed by atoms with van der Waals surface area (Å²) in [6, 6.07) is 11.0. The number of thioether (sulfide) groups is 1. The highest BCUT2D eigenvalue weighted by molar-refractivity contribution is 7.99. The van der Waals surface area contributed by atoms with Gasteiger partial charge in [-0.1, -0.05) is 42.1 Å². The summed E-state index contributed by atoms with van der Waals surface area (Å²) in [5.41, 5.74) is 4.29. The molecule has 0 bridgehead atoms. The zero-order valence-electron chi connectivity index (χ0n) is 17.7. The van der Waals surface area contributed by atoms with Crippen molar-refractivity contribution in [2.75, 3.05) is 16.4 Å². The summed E-state index contributed by atoms with van der Waals surface area (Å²) < 4.78 is 0. The molecule has 0 unspecified atom stereocenters. The Balaban J connectivity index is 1.74. The molecule has 0 saturated heterocycles. The molecule has 0 saturated carbocycles. The molecule has 0 aliphatic heterocycles. The summed E-state index contributed by atoms with van der Waals surface area (Å²) in [7, 11) is 0. The van der Waals surface area contributed by atoms with E-state index in [9.17, 15) is 14.4 Å². The second-order valence-electron chi connectivity index (χ2n) is 7.07. The van der Waals surface area contributed by atoms with Crippen molar-refractivity contribution in [3.05, 3.63) is 63.4 Å². The quantitative estimate of drug-likeness (QED) is 0.509. The van der Waals surface area contributed by atoms with Gasteiger partial charge in [-0.15, -0.1) is 10.2 Å². The number of hydrogen-bond donors (Lipinski definition) is 3. The van der Waals surface area contributed by atoms with Crippen molar-refractivity contribution >= 4 is 35.0 Å². The van der Waals surface area contributed by atoms with Gasteiger partial charge >= 0.3 is 0 Å². The molecular formula is C22H23N5O3S. The maximum Gasteiger partial charge on any atom is 0.278 e. The zero-order valence-corrected chi connectivity index (χ0v) is 18.5. The number of amides is 2. The van der Waals surface area contributed by atoms with Gasteiger partial charge in [0.1, 0.15) is 0 Å². The van der Waals surface area contributed by atoms with E-state index in [2.05, 4.69) is 25.8 Å². The smallest absolute Gasteiger partial charge is 0.278 e. The van der Waals surface area contributed by atoms with E-state index < -0.39 is 5.56 Å². The monoisotopic (exact) mass is 437 g/mol. The Kier molecular flexibility index (Phi) is 6.86. The van der Waals surface area contributed by atoms with Crippen LogP contribution in [-0.4, -0.2) is 32.7 Å². The molecule has 31 heavy (non-hydrogen) atoms. The van der Waals surface area contributed by atoms with Gasteiger partial charge in [0.2, 0.25) is 11.8 Å². The molecule has 0 atom stereocenters. The van der Waals surface area contributed by atoms with Crippen LogP contribution in [0.4, 0.5) is 11.4 Å². The van der Waals surface area contributed by atoms with Crippen LogP contribution in [0.25, 0.3) is 11.3 Å². The first-order valence-corrected chi connectivity index (χ1v) is 10.6. The summed E-state index contributed by atoms with van der Waals surface area (Å²) in [5, 5.41) is 13.9. The molecule has 0 fully saturated rings. The minimum absolute atomic E-state index is 0.0684. The third-order valence-electron chi connectivity index (χ3n) is 4.72. The fourth-order valence-corrected chi connectivity index (χ4v) is 3.58. The lowest BCUT2D eigenvalue weighted by atomic mass is 10.1. The van der Waals surface area contributed by atoms with Crippen LogP contribution in [-0.2, 0) is 9.59 Å². The average molecular weight is 438 g/mol. The number of para-hydroxylation sites is 1. The Labute approximate surface area is 183 Å². The van der Waals surface area contributed by atoms with Crippen molar-refractivity contribution in [2.24, 2.45) is 0 Å². The molecule has 0 aliphatic carbocycles. The molecule has 160 valence electrons. The average Bonchev–Trinajstić information content (AvgIpc) is 2.71. The van der Waals surface area contributed by atoms with E-state index in [1.807, 2.05) is 45.0 Å². The third kappa shape index (κ3) is 5.37. The van der Waals surface area contributed by atoms with E-state index >= 15 is 0 Å². The number of carbonyl (C=O) groups excluding carboxylic acids is 2. The Morgan fingerprint density at radius 2 is 1.71 bits per heavy atom. The number of aromatic amines is 1. The molecule has 1 heterocycles. The number of aromatic nitrogens is 3. The molecule has 3 aromatic rings. The van der Waals surface area contributed by atoms with Crippen molar-refractivity contribution in [2.45, 2.75) is 32.9 Å². The maximum atomic E-state index is 12.6. The number of hydrogen-bond acceptors (Lipinski definition) is 6. The molecule has 2 amide bonds. The van der Waals surface area contributed by atoms with E-state index in [-0.39, 0.29) is 28.4 Å². The minimum Gasteiger partial charge on any atom is -0.325 e. The molecule has 9 heteroatoms. The van der Waals surface area contributed by atoms with Crippen LogP contribution in [0.3, 0.4) is 0 Å². The Hall–Kier alpha value is -3.46. The number of carbonyl (C=O) groups is 2. The van der Waals surface area contributed by atoms with E-state index in [0.29, 0.717) is 11.3 Å². The highest BCUT2D eigenvalue weighted by atomic mass is 32.2. The summed E-state index contributed by atoms with van der Waals surface area (Å²) in [4.78, 5) is 39.1. The van der Waals surface area contributed by atoms with Gasteiger partial charge < -0.3 is 10.6 Å².